The van der Waals surface area contributed by atoms with Crippen molar-refractivity contribution >= 4 is 29.9 Å². The van der Waals surface area contributed by atoms with Gasteiger partial charge in [0.1, 0.15) is 17.7 Å². The van der Waals surface area contributed by atoms with Crippen molar-refractivity contribution in [1.29, 1.82) is 0 Å². The van der Waals surface area contributed by atoms with Crippen LogP contribution in [-0.2, 0) is 6.54 Å². The number of benzene rings is 1. The summed E-state index contributed by atoms with van der Waals surface area (Å²) in [5.74, 6) is 0.113. The number of aromatic nitrogens is 1. The van der Waals surface area contributed by atoms with Gasteiger partial charge in [-0.1, -0.05) is 12.1 Å². The molecule has 0 spiro atoms. The van der Waals surface area contributed by atoms with Crippen LogP contribution in [0.25, 0.3) is 0 Å². The molecule has 1 aliphatic rings. The van der Waals surface area contributed by atoms with E-state index in [1.54, 1.807) is 13.2 Å². The molecule has 5 nitrogen and oxygen atoms in total. The maximum absolute atomic E-state index is 13.7. The molecule has 1 atom stereocenters. The summed E-state index contributed by atoms with van der Waals surface area (Å²) in [6.07, 6.45) is 2.57. The van der Waals surface area contributed by atoms with Crippen molar-refractivity contribution in [3.05, 3.63) is 59.8 Å². The van der Waals surface area contributed by atoms with Crippen LogP contribution in [0.4, 0.5) is 8.78 Å². The van der Waals surface area contributed by atoms with Gasteiger partial charge in [0.2, 0.25) is 5.88 Å². The Balaban J connectivity index is 0.00000243. The molecule has 2 heterocycles. The van der Waals surface area contributed by atoms with Crippen LogP contribution >= 0.6 is 24.0 Å². The molecular weight excluding hydrogens is 453 g/mol. The molecule has 2 aromatic rings. The van der Waals surface area contributed by atoms with Gasteiger partial charge in [-0.15, -0.1) is 24.0 Å². The minimum Gasteiger partial charge on any atom is -0.472 e. The van der Waals surface area contributed by atoms with Gasteiger partial charge in [0.15, 0.2) is 5.96 Å². The number of nitrogens with one attached hydrogen (secondary N) is 1. The second kappa shape index (κ2) is 9.65. The number of halogens is 3. The minimum atomic E-state index is -0.584. The van der Waals surface area contributed by atoms with Crippen LogP contribution in [-0.4, -0.2) is 42.1 Å². The highest BCUT2D eigenvalue weighted by molar-refractivity contribution is 14.0. The SMILES string of the molecule is CN=C(NCc1ccc(F)cc1F)N1CCC(Oc2ccccn2)C1.I. The first-order valence-electron chi connectivity index (χ1n) is 8.13. The Labute approximate surface area is 168 Å². The average Bonchev–Trinajstić information content (AvgIpc) is 3.06. The summed E-state index contributed by atoms with van der Waals surface area (Å²) in [7, 11) is 1.68. The largest absolute Gasteiger partial charge is 0.472 e. The van der Waals surface area contributed by atoms with Crippen molar-refractivity contribution in [3.8, 4) is 5.88 Å². The van der Waals surface area contributed by atoms with Gasteiger partial charge in [-0.2, -0.15) is 0 Å². The summed E-state index contributed by atoms with van der Waals surface area (Å²) < 4.78 is 32.6. The smallest absolute Gasteiger partial charge is 0.213 e. The van der Waals surface area contributed by atoms with E-state index in [4.69, 9.17) is 4.74 Å². The summed E-state index contributed by atoms with van der Waals surface area (Å²) in [6.45, 7) is 1.69. The van der Waals surface area contributed by atoms with Crippen LogP contribution in [0.2, 0.25) is 0 Å². The van der Waals surface area contributed by atoms with Crippen molar-refractivity contribution < 1.29 is 13.5 Å². The number of pyridine rings is 1. The van der Waals surface area contributed by atoms with E-state index in [2.05, 4.69) is 20.2 Å². The summed E-state index contributed by atoms with van der Waals surface area (Å²) >= 11 is 0. The molecule has 1 saturated heterocycles. The number of ether oxygens (including phenoxy) is 1. The molecule has 3 rings (SSSR count). The molecule has 1 aliphatic heterocycles. The van der Waals surface area contributed by atoms with Crippen molar-refractivity contribution in [1.82, 2.24) is 15.2 Å². The van der Waals surface area contributed by atoms with E-state index in [1.165, 1.54) is 12.1 Å². The maximum Gasteiger partial charge on any atom is 0.213 e. The normalized spacial score (nSPS) is 17.0. The zero-order chi connectivity index (χ0) is 17.6. The van der Waals surface area contributed by atoms with Gasteiger partial charge in [-0.05, 0) is 12.1 Å². The van der Waals surface area contributed by atoms with Gasteiger partial charge in [0, 0.05) is 50.5 Å². The van der Waals surface area contributed by atoms with Crippen molar-refractivity contribution in [2.45, 2.75) is 19.1 Å². The average molecular weight is 474 g/mol. The third-order valence-electron chi connectivity index (χ3n) is 4.03. The first-order chi connectivity index (χ1) is 12.2. The lowest BCUT2D eigenvalue weighted by Gasteiger charge is -2.21. The first kappa shape index (κ1) is 20.3. The van der Waals surface area contributed by atoms with E-state index < -0.39 is 11.6 Å². The third-order valence-corrected chi connectivity index (χ3v) is 4.03. The van der Waals surface area contributed by atoms with Gasteiger partial charge < -0.3 is 15.0 Å². The van der Waals surface area contributed by atoms with Crippen LogP contribution in [0.15, 0.2) is 47.6 Å². The van der Waals surface area contributed by atoms with Gasteiger partial charge in [0.05, 0.1) is 6.54 Å². The molecule has 1 fully saturated rings. The van der Waals surface area contributed by atoms with E-state index >= 15 is 0 Å². The number of rotatable bonds is 4. The van der Waals surface area contributed by atoms with Gasteiger partial charge in [-0.3, -0.25) is 4.99 Å². The fourth-order valence-corrected chi connectivity index (χ4v) is 2.78. The standard InChI is InChI=1S/C18H20F2N4O.HI/c1-21-18(23-11-13-5-6-14(19)10-16(13)20)24-9-7-15(12-24)25-17-4-2-3-8-22-17;/h2-6,8,10,15H,7,9,11-12H2,1H3,(H,21,23);1H. The Morgan fingerprint density at radius 3 is 2.88 bits per heavy atom. The molecule has 26 heavy (non-hydrogen) atoms. The number of hydrogen-bond acceptors (Lipinski definition) is 3. The molecule has 1 unspecified atom stereocenters. The van der Waals surface area contributed by atoms with Gasteiger partial charge >= 0.3 is 0 Å². The molecule has 0 radical (unpaired) electrons. The monoisotopic (exact) mass is 474 g/mol. The zero-order valence-corrected chi connectivity index (χ0v) is 16.7. The van der Waals surface area contributed by atoms with Crippen LogP contribution in [0.1, 0.15) is 12.0 Å². The predicted octanol–water partition coefficient (Wildman–Crippen LogP) is 3.21. The third kappa shape index (κ3) is 5.26. The van der Waals surface area contributed by atoms with E-state index in [0.29, 0.717) is 23.9 Å². The molecule has 0 aliphatic carbocycles. The van der Waals surface area contributed by atoms with Crippen LogP contribution in [0.5, 0.6) is 5.88 Å². The molecular formula is C18H21F2IN4O. The minimum absolute atomic E-state index is 0. The van der Waals surface area contributed by atoms with E-state index in [9.17, 15) is 8.78 Å². The lowest BCUT2D eigenvalue weighted by molar-refractivity contribution is 0.205. The number of likely N-dealkylation sites (tertiary alicyclic amines) is 1. The highest BCUT2D eigenvalue weighted by Gasteiger charge is 2.26. The molecule has 8 heteroatoms. The molecule has 0 saturated carbocycles. The van der Waals surface area contributed by atoms with Crippen LogP contribution in [0.3, 0.4) is 0 Å². The molecule has 0 bridgehead atoms. The lowest BCUT2D eigenvalue weighted by Crippen LogP contribution is -2.40. The van der Waals surface area contributed by atoms with Crippen molar-refractivity contribution in [3.63, 3.8) is 0 Å². The van der Waals surface area contributed by atoms with Gasteiger partial charge in [0.25, 0.3) is 0 Å². The number of aliphatic imine (C=N–C) groups is 1. The Bertz CT molecular complexity index is 745. The molecule has 1 aromatic heterocycles. The Morgan fingerprint density at radius 1 is 1.35 bits per heavy atom. The predicted molar refractivity (Wildman–Crippen MR) is 107 cm³/mol. The molecule has 1 aromatic carbocycles. The topological polar surface area (TPSA) is 49.8 Å². The summed E-state index contributed by atoms with van der Waals surface area (Å²) in [4.78, 5) is 10.5. The number of nitrogens with zero attached hydrogens (tertiary/aromatic N) is 3. The highest BCUT2D eigenvalue weighted by Crippen LogP contribution is 2.16. The zero-order valence-electron chi connectivity index (χ0n) is 14.4. The molecule has 0 amide bonds. The number of guanidine groups is 1. The van der Waals surface area contributed by atoms with E-state index in [1.807, 2.05) is 18.2 Å². The Morgan fingerprint density at radius 2 is 2.19 bits per heavy atom. The highest BCUT2D eigenvalue weighted by atomic mass is 127. The second-order valence-electron chi connectivity index (χ2n) is 5.78. The fourth-order valence-electron chi connectivity index (χ4n) is 2.78. The van der Waals surface area contributed by atoms with E-state index in [0.717, 1.165) is 19.0 Å². The van der Waals surface area contributed by atoms with Crippen molar-refractivity contribution in [2.75, 3.05) is 20.1 Å². The summed E-state index contributed by atoms with van der Waals surface area (Å²) in [5, 5.41) is 3.11. The summed E-state index contributed by atoms with van der Waals surface area (Å²) in [5.41, 5.74) is 0.392. The summed E-state index contributed by atoms with van der Waals surface area (Å²) in [6, 6.07) is 9.11. The van der Waals surface area contributed by atoms with Gasteiger partial charge in [-0.25, -0.2) is 13.8 Å². The second-order valence-corrected chi connectivity index (χ2v) is 5.78. The molecule has 1 N–H and O–H groups in total. The lowest BCUT2D eigenvalue weighted by atomic mass is 10.2. The maximum atomic E-state index is 13.7. The molecule has 140 valence electrons. The number of hydrogen-bond donors (Lipinski definition) is 1. The first-order valence-corrected chi connectivity index (χ1v) is 8.13. The quantitative estimate of drug-likeness (QED) is 0.420. The van der Waals surface area contributed by atoms with E-state index in [-0.39, 0.29) is 36.6 Å². The Kier molecular flexibility index (Phi) is 7.55. The fraction of sp³-hybridized carbons (Fsp3) is 0.333. The van der Waals surface area contributed by atoms with Crippen molar-refractivity contribution in [2.24, 2.45) is 4.99 Å². The van der Waals surface area contributed by atoms with Crippen LogP contribution < -0.4 is 10.1 Å². The van der Waals surface area contributed by atoms with Crippen LogP contribution in [0, 0.1) is 11.6 Å². The Hall–Kier alpha value is -1.97.